The van der Waals surface area contributed by atoms with Crippen LogP contribution in [0.25, 0.3) is 6.08 Å². The van der Waals surface area contributed by atoms with Crippen molar-refractivity contribution < 1.29 is 0 Å². The Kier molecular flexibility index (Phi) is 9.87. The van der Waals surface area contributed by atoms with Gasteiger partial charge in [0.25, 0.3) is 0 Å². The first-order valence-corrected chi connectivity index (χ1v) is 15.1. The number of hydrogen-bond acceptors (Lipinski definition) is 0. The second-order valence-corrected chi connectivity index (χ2v) is 16.5. The predicted molar refractivity (Wildman–Crippen MR) is 105 cm³/mol. The number of hydrogen-bond donors (Lipinski definition) is 0. The van der Waals surface area contributed by atoms with Gasteiger partial charge in [0.15, 0.2) is 0 Å². The topological polar surface area (TPSA) is 0 Å². The Morgan fingerprint density at radius 3 is 1.64 bits per heavy atom. The van der Waals surface area contributed by atoms with Gasteiger partial charge in [-0.15, -0.1) is 0 Å². The average Bonchev–Trinajstić information content (AvgIpc) is 2.55. The molecule has 0 aliphatic rings. The molecule has 0 spiro atoms. The van der Waals surface area contributed by atoms with Gasteiger partial charge in [0.2, 0.25) is 0 Å². The van der Waals surface area contributed by atoms with Crippen molar-refractivity contribution in [3.05, 3.63) is 40.3 Å². The van der Waals surface area contributed by atoms with E-state index in [0.717, 1.165) is 0 Å². The summed E-state index contributed by atoms with van der Waals surface area (Å²) in [5.74, 6) is 0. The van der Waals surface area contributed by atoms with E-state index in [0.29, 0.717) is 0 Å². The number of rotatable bonds is 11. The van der Waals surface area contributed by atoms with Gasteiger partial charge in [0.1, 0.15) is 0 Å². The van der Waals surface area contributed by atoms with E-state index in [9.17, 15) is 0 Å². The van der Waals surface area contributed by atoms with E-state index in [1.165, 1.54) is 49.7 Å². The normalized spacial score (nSPS) is 12.2. The molecule has 1 heteroatoms. The Morgan fingerprint density at radius 2 is 1.23 bits per heavy atom. The fraction of sp³-hybridized carbons (Fsp3) is 0.619. The minimum atomic E-state index is -1.82. The van der Waals surface area contributed by atoms with Gasteiger partial charge in [-0.1, -0.05) is 0 Å². The fourth-order valence-electron chi connectivity index (χ4n) is 3.16. The molecule has 1 aromatic carbocycles. The molecule has 0 atom stereocenters. The standard InChI is InChI=1S/C21H36Ge/c1-5-8-16-22(17-9-6-2,18-10-7-3)19-15-21-13-11-20(4)12-14-21/h11-15,19H,5-10,16-18H2,1-4H3/b19-15+. The summed E-state index contributed by atoms with van der Waals surface area (Å²) in [6, 6.07) is 9.02. The predicted octanol–water partition coefficient (Wildman–Crippen LogP) is 7.40. The van der Waals surface area contributed by atoms with Crippen molar-refractivity contribution in [1.82, 2.24) is 0 Å². The van der Waals surface area contributed by atoms with Gasteiger partial charge < -0.3 is 0 Å². The Balaban J connectivity index is 2.90. The third-order valence-electron chi connectivity index (χ3n) is 4.79. The Bertz CT molecular complexity index is 394. The summed E-state index contributed by atoms with van der Waals surface area (Å²) in [5.41, 5.74) is 2.75. The quantitative estimate of drug-likeness (QED) is 0.360. The maximum atomic E-state index is 2.74. The molecule has 0 heterocycles. The zero-order chi connectivity index (χ0) is 16.3. The first-order valence-electron chi connectivity index (χ1n) is 9.41. The van der Waals surface area contributed by atoms with Gasteiger partial charge in [-0.3, -0.25) is 0 Å². The first-order chi connectivity index (χ1) is 10.7. The van der Waals surface area contributed by atoms with Gasteiger partial charge in [-0.2, -0.15) is 0 Å². The number of unbranched alkanes of at least 4 members (excludes halogenated alkanes) is 3. The van der Waals surface area contributed by atoms with Crippen molar-refractivity contribution >= 4 is 19.3 Å². The molecule has 0 saturated carbocycles. The summed E-state index contributed by atoms with van der Waals surface area (Å²) in [7, 11) is 0. The summed E-state index contributed by atoms with van der Waals surface area (Å²) >= 11 is -1.82. The van der Waals surface area contributed by atoms with Crippen LogP contribution in [0.2, 0.25) is 15.8 Å². The van der Waals surface area contributed by atoms with Gasteiger partial charge in [-0.05, 0) is 0 Å². The zero-order valence-electron chi connectivity index (χ0n) is 15.3. The molecule has 0 aliphatic heterocycles. The van der Waals surface area contributed by atoms with E-state index in [2.05, 4.69) is 62.9 Å². The molecule has 124 valence electrons. The summed E-state index contributed by atoms with van der Waals surface area (Å²) in [4.78, 5) is 2.74. The molecule has 0 nitrogen and oxygen atoms in total. The molecule has 1 aromatic rings. The van der Waals surface area contributed by atoms with Gasteiger partial charge >= 0.3 is 142 Å². The first kappa shape index (κ1) is 19.5. The summed E-state index contributed by atoms with van der Waals surface area (Å²) in [6.07, 6.45) is 10.8. The molecule has 0 N–H and O–H groups in total. The van der Waals surface area contributed by atoms with Crippen molar-refractivity contribution in [3.8, 4) is 0 Å². The Labute approximate surface area is 141 Å². The van der Waals surface area contributed by atoms with Crippen molar-refractivity contribution in [2.75, 3.05) is 0 Å². The molecule has 0 fully saturated rings. The third-order valence-corrected chi connectivity index (χ3v) is 15.1. The SMILES string of the molecule is CCC[CH2][Ge](/[CH]=C/c1ccc(C)cc1)([CH2]CCC)[CH2]CCC. The Morgan fingerprint density at radius 1 is 0.773 bits per heavy atom. The van der Waals surface area contributed by atoms with Crippen LogP contribution in [0.3, 0.4) is 0 Å². The molecule has 0 saturated heterocycles. The van der Waals surface area contributed by atoms with Gasteiger partial charge in [0.05, 0.1) is 0 Å². The van der Waals surface area contributed by atoms with Crippen LogP contribution in [-0.2, 0) is 0 Å². The molecule has 0 unspecified atom stereocenters. The molecule has 22 heavy (non-hydrogen) atoms. The monoisotopic (exact) mass is 362 g/mol. The number of benzene rings is 1. The third kappa shape index (κ3) is 7.18. The Hall–Kier alpha value is -0.497. The van der Waals surface area contributed by atoms with Crippen LogP contribution in [-0.4, -0.2) is 13.3 Å². The summed E-state index contributed by atoms with van der Waals surface area (Å²) in [5, 5.41) is 4.62. The van der Waals surface area contributed by atoms with Crippen LogP contribution in [0.1, 0.15) is 70.4 Å². The van der Waals surface area contributed by atoms with Gasteiger partial charge in [0, 0.05) is 0 Å². The summed E-state index contributed by atoms with van der Waals surface area (Å²) < 4.78 is 0. The zero-order valence-corrected chi connectivity index (χ0v) is 17.4. The molecule has 0 bridgehead atoms. The van der Waals surface area contributed by atoms with Crippen molar-refractivity contribution in [2.24, 2.45) is 0 Å². The second-order valence-electron chi connectivity index (χ2n) is 6.92. The van der Waals surface area contributed by atoms with Crippen LogP contribution in [0.4, 0.5) is 0 Å². The minimum absolute atomic E-state index is 1.35. The summed E-state index contributed by atoms with van der Waals surface area (Å²) in [6.45, 7) is 9.20. The van der Waals surface area contributed by atoms with E-state index in [1.54, 1.807) is 15.8 Å². The molecule has 0 amide bonds. The van der Waals surface area contributed by atoms with Gasteiger partial charge in [-0.25, -0.2) is 0 Å². The van der Waals surface area contributed by atoms with Crippen LogP contribution in [0, 0.1) is 6.92 Å². The molecular weight excluding hydrogens is 325 g/mol. The number of aryl methyl sites for hydroxylation is 1. The van der Waals surface area contributed by atoms with E-state index in [1.807, 2.05) is 0 Å². The fourth-order valence-corrected chi connectivity index (χ4v) is 13.6. The molecule has 0 aromatic heterocycles. The molecular formula is C21H36Ge. The van der Waals surface area contributed by atoms with Crippen molar-refractivity contribution in [1.29, 1.82) is 0 Å². The molecule has 0 aliphatic carbocycles. The van der Waals surface area contributed by atoms with E-state index in [-0.39, 0.29) is 0 Å². The van der Waals surface area contributed by atoms with E-state index in [4.69, 9.17) is 0 Å². The van der Waals surface area contributed by atoms with Crippen molar-refractivity contribution in [2.45, 2.75) is 82.0 Å². The average molecular weight is 361 g/mol. The van der Waals surface area contributed by atoms with Crippen molar-refractivity contribution in [3.63, 3.8) is 0 Å². The van der Waals surface area contributed by atoms with Crippen LogP contribution in [0.15, 0.2) is 29.2 Å². The second kappa shape index (κ2) is 11.1. The van der Waals surface area contributed by atoms with Crippen LogP contribution in [0.5, 0.6) is 0 Å². The maximum absolute atomic E-state index is 2.74. The molecule has 1 rings (SSSR count). The molecule has 0 radical (unpaired) electrons. The van der Waals surface area contributed by atoms with E-state index < -0.39 is 13.3 Å². The van der Waals surface area contributed by atoms with E-state index >= 15 is 0 Å². The van der Waals surface area contributed by atoms with Crippen LogP contribution >= 0.6 is 0 Å². The van der Waals surface area contributed by atoms with Crippen LogP contribution < -0.4 is 0 Å².